The van der Waals surface area contributed by atoms with Crippen LogP contribution in [0.1, 0.15) is 104 Å². The maximum absolute atomic E-state index is 5.99. The third kappa shape index (κ3) is 10.4. The Morgan fingerprint density at radius 2 is 1.19 bits per heavy atom. The average molecular weight is 794 g/mol. The number of fused-ring (bicyclic) bond motifs is 3. The van der Waals surface area contributed by atoms with E-state index in [1.54, 1.807) is 0 Å². The topological polar surface area (TPSA) is 0 Å². The molecule has 0 spiro atoms. The van der Waals surface area contributed by atoms with Gasteiger partial charge in [-0.1, -0.05) is 65.3 Å². The molecule has 2 aliphatic rings. The minimum Gasteiger partial charge on any atom is -0.273 e. The number of halogens is 4. The molecule has 6 rings (SSSR count). The SMILES string of the molecule is CC(C)(C)c1[c-]c2c(cc1)-c1ccc(C(C)(C)C)cc1C2.ClCc1cc(CCl)cc([C](=[Zr+2])c2cc(CCl)cc(CCl)c2)c1.[C-]1=CC=CC1. The fourth-order valence-electron chi connectivity index (χ4n) is 5.66. The second-order valence-electron chi connectivity index (χ2n) is 14.3. The number of benzene rings is 4. The van der Waals surface area contributed by atoms with Gasteiger partial charge >= 0.3 is 167 Å². The van der Waals surface area contributed by atoms with E-state index in [0.717, 1.165) is 35.1 Å². The summed E-state index contributed by atoms with van der Waals surface area (Å²) in [7, 11) is 0. The largest absolute Gasteiger partial charge is 0.273 e. The van der Waals surface area contributed by atoms with Crippen molar-refractivity contribution >= 4 is 49.6 Å². The van der Waals surface area contributed by atoms with Crippen molar-refractivity contribution in [3.05, 3.63) is 153 Å². The Kier molecular flexibility index (Phi) is 14.2. The summed E-state index contributed by atoms with van der Waals surface area (Å²) in [5, 5.41) is 0. The molecule has 0 amide bonds. The molecule has 4 aromatic rings. The van der Waals surface area contributed by atoms with Crippen molar-refractivity contribution in [3.8, 4) is 11.1 Å². The summed E-state index contributed by atoms with van der Waals surface area (Å²) in [5.74, 6) is 1.93. The van der Waals surface area contributed by atoms with Gasteiger partial charge in [0.05, 0.1) is 0 Å². The molecule has 0 saturated carbocycles. The average Bonchev–Trinajstić information content (AvgIpc) is 3.78. The van der Waals surface area contributed by atoms with Crippen LogP contribution < -0.4 is 0 Å². The Balaban J connectivity index is 0.000000189. The van der Waals surface area contributed by atoms with Gasteiger partial charge in [-0.15, -0.1) is 17.5 Å². The molecule has 0 aliphatic heterocycles. The van der Waals surface area contributed by atoms with E-state index in [1.165, 1.54) is 71.9 Å². The molecule has 0 unspecified atom stereocenters. The number of hydrogen-bond donors (Lipinski definition) is 0. The summed E-state index contributed by atoms with van der Waals surface area (Å²) in [6.45, 7) is 13.6. The Morgan fingerprint density at radius 3 is 1.58 bits per heavy atom. The van der Waals surface area contributed by atoms with Crippen LogP contribution in [0.5, 0.6) is 0 Å². The first kappa shape index (κ1) is 39.1. The standard InChI is InChI=1S/C21H25.C17H14Cl4.C5H5.Zr/c1-20(2,3)16-7-9-18-14(12-16)11-15-13-17(21(4,5)6)8-10-19(15)18;18-8-14-2-12(3-15(6-14)9-19)1-13-4-16(10-20)7-17(5-13)11-21;1-2-4-5-3-1;/h7-10,12H,11H2,1-6H3;2-7H,8-11H2;1-3H,4H2;/q-1;;-1;+2. The van der Waals surface area contributed by atoms with Crippen LogP contribution in [0.2, 0.25) is 0 Å². The Morgan fingerprint density at radius 1 is 0.667 bits per heavy atom. The fourth-order valence-corrected chi connectivity index (χ4v) is 6.98. The fraction of sp³-hybridized carbons (Fsp3) is 0.326. The van der Waals surface area contributed by atoms with Gasteiger partial charge < -0.3 is 0 Å². The molecule has 5 heteroatoms. The summed E-state index contributed by atoms with van der Waals surface area (Å²) in [6.07, 6.45) is 11.0. The number of allylic oxidation sites excluding steroid dienone is 4. The van der Waals surface area contributed by atoms with Gasteiger partial charge in [0.15, 0.2) is 0 Å². The van der Waals surface area contributed by atoms with Gasteiger partial charge in [-0.25, -0.2) is 12.2 Å². The molecular weight excluding hydrogens is 750 g/mol. The van der Waals surface area contributed by atoms with Crippen LogP contribution in [0.15, 0.2) is 85.0 Å². The summed E-state index contributed by atoms with van der Waals surface area (Å²) in [5.41, 5.74) is 15.4. The smallest absolute Gasteiger partial charge is 0.109 e. The van der Waals surface area contributed by atoms with Crippen molar-refractivity contribution in [2.75, 3.05) is 0 Å². The number of hydrogen-bond acceptors (Lipinski definition) is 0. The molecular formula is C43H44Cl4Zr. The normalized spacial score (nSPS) is 12.9. The molecule has 0 N–H and O–H groups in total. The van der Waals surface area contributed by atoms with Gasteiger partial charge in [-0.05, 0) is 28.4 Å². The van der Waals surface area contributed by atoms with Crippen molar-refractivity contribution < 1.29 is 24.2 Å². The molecule has 0 nitrogen and oxygen atoms in total. The maximum atomic E-state index is 5.99. The minimum atomic E-state index is 0.167. The number of alkyl halides is 4. The number of rotatable bonds is 6. The molecule has 0 atom stereocenters. The zero-order chi connectivity index (χ0) is 35.1. The van der Waals surface area contributed by atoms with E-state index >= 15 is 0 Å². The Bertz CT molecular complexity index is 1630. The zero-order valence-electron chi connectivity index (χ0n) is 28.8. The molecule has 0 bridgehead atoms. The third-order valence-electron chi connectivity index (χ3n) is 8.35. The van der Waals surface area contributed by atoms with Crippen molar-refractivity contribution in [2.45, 2.75) is 88.7 Å². The van der Waals surface area contributed by atoms with E-state index < -0.39 is 0 Å². The van der Waals surface area contributed by atoms with E-state index in [-0.39, 0.29) is 10.8 Å². The first-order valence-electron chi connectivity index (χ1n) is 16.3. The molecule has 0 aromatic heterocycles. The predicted octanol–water partition coefficient (Wildman–Crippen LogP) is 12.7. The van der Waals surface area contributed by atoms with Crippen molar-refractivity contribution in [1.29, 1.82) is 0 Å². The molecule has 48 heavy (non-hydrogen) atoms. The summed E-state index contributed by atoms with van der Waals surface area (Å²) in [4.78, 5) is 0. The van der Waals surface area contributed by atoms with Crippen molar-refractivity contribution in [1.82, 2.24) is 0 Å². The van der Waals surface area contributed by atoms with Gasteiger partial charge in [-0.3, -0.25) is 6.08 Å². The molecule has 0 fully saturated rings. The van der Waals surface area contributed by atoms with Crippen LogP contribution >= 0.6 is 46.4 Å². The van der Waals surface area contributed by atoms with Gasteiger partial charge in [0.25, 0.3) is 0 Å². The van der Waals surface area contributed by atoms with Crippen LogP contribution in [0.4, 0.5) is 0 Å². The quantitative estimate of drug-likeness (QED) is 0.119. The Labute approximate surface area is 323 Å². The van der Waals surface area contributed by atoms with E-state index in [4.69, 9.17) is 46.4 Å². The van der Waals surface area contributed by atoms with Crippen LogP contribution in [-0.4, -0.2) is 3.21 Å². The maximum Gasteiger partial charge on any atom is -0.109 e. The first-order chi connectivity index (χ1) is 22.8. The minimum absolute atomic E-state index is 0.167. The van der Waals surface area contributed by atoms with Crippen LogP contribution in [0.3, 0.4) is 0 Å². The molecule has 0 radical (unpaired) electrons. The molecule has 2 aliphatic carbocycles. The zero-order valence-corrected chi connectivity index (χ0v) is 34.3. The first-order valence-corrected chi connectivity index (χ1v) is 19.6. The molecule has 0 saturated heterocycles. The van der Waals surface area contributed by atoms with Crippen LogP contribution in [0.25, 0.3) is 11.1 Å². The van der Waals surface area contributed by atoms with E-state index in [9.17, 15) is 0 Å². The second kappa shape index (κ2) is 17.5. The van der Waals surface area contributed by atoms with Gasteiger partial charge in [0.2, 0.25) is 0 Å². The second-order valence-corrected chi connectivity index (χ2v) is 16.6. The van der Waals surface area contributed by atoms with E-state index in [1.807, 2.05) is 24.3 Å². The van der Waals surface area contributed by atoms with Gasteiger partial charge in [-0.2, -0.15) is 29.8 Å². The summed E-state index contributed by atoms with van der Waals surface area (Å²) in [6, 6.07) is 27.8. The van der Waals surface area contributed by atoms with Crippen LogP contribution in [-0.2, 0) is 65.0 Å². The van der Waals surface area contributed by atoms with Crippen LogP contribution in [0, 0.1) is 12.1 Å². The Hall–Kier alpha value is -1.73. The summed E-state index contributed by atoms with van der Waals surface area (Å²) < 4.78 is 1.25. The molecule has 248 valence electrons. The van der Waals surface area contributed by atoms with E-state index in [2.05, 4.69) is 114 Å². The van der Waals surface area contributed by atoms with Gasteiger partial charge in [0, 0.05) is 0 Å². The summed E-state index contributed by atoms with van der Waals surface area (Å²) >= 11 is 25.3. The molecule has 4 aromatic carbocycles. The predicted molar refractivity (Wildman–Crippen MR) is 207 cm³/mol. The molecule has 0 heterocycles. The monoisotopic (exact) mass is 790 g/mol. The van der Waals surface area contributed by atoms with Crippen molar-refractivity contribution in [2.24, 2.45) is 0 Å². The van der Waals surface area contributed by atoms with E-state index in [0.29, 0.717) is 23.5 Å². The van der Waals surface area contributed by atoms with Gasteiger partial charge in [0.1, 0.15) is 0 Å². The third-order valence-corrected chi connectivity index (χ3v) is 11.0. The van der Waals surface area contributed by atoms with Crippen molar-refractivity contribution in [3.63, 3.8) is 0 Å².